The molecule has 0 rings (SSSR count). The van der Waals surface area contributed by atoms with Gasteiger partial charge in [0.25, 0.3) is 0 Å². The van der Waals surface area contributed by atoms with Crippen molar-refractivity contribution < 1.29 is 9.59 Å². The Morgan fingerprint density at radius 2 is 1.70 bits per heavy atom. The second kappa shape index (κ2) is 11.2. The summed E-state index contributed by atoms with van der Waals surface area (Å²) in [5.41, 5.74) is 0. The number of carbonyl (C=O) groups excluding carboxylic acids is 2. The third-order valence-electron chi connectivity index (χ3n) is 2.51. The van der Waals surface area contributed by atoms with Crippen molar-refractivity contribution in [2.75, 3.05) is 40.3 Å². The molecule has 3 amide bonds. The third kappa shape index (κ3) is 11.4. The van der Waals surface area contributed by atoms with Gasteiger partial charge in [-0.05, 0) is 46.6 Å². The standard InChI is InChI=1S/C12H26N6O2/c1-10(19)16-11(13)17-12(20)15-7-5-9-18(3)8-4-6-14-2/h14H,4-9H2,1-3H3,(H4,13,15,16,17,19,20). The first-order chi connectivity index (χ1) is 9.45. The summed E-state index contributed by atoms with van der Waals surface area (Å²) in [4.78, 5) is 24.2. The number of hydrogen-bond acceptors (Lipinski definition) is 5. The summed E-state index contributed by atoms with van der Waals surface area (Å²) in [5, 5.41) is 17.4. The van der Waals surface area contributed by atoms with Gasteiger partial charge in [-0.3, -0.25) is 20.8 Å². The van der Waals surface area contributed by atoms with Gasteiger partial charge in [0.15, 0.2) is 0 Å². The molecule has 0 spiro atoms. The molecule has 116 valence electrons. The number of nitrogens with one attached hydrogen (secondary N) is 5. The second-order valence-electron chi connectivity index (χ2n) is 4.55. The van der Waals surface area contributed by atoms with Crippen LogP contribution in [0.4, 0.5) is 4.79 Å². The van der Waals surface area contributed by atoms with Crippen LogP contribution in [-0.4, -0.2) is 63.1 Å². The largest absolute Gasteiger partial charge is 0.338 e. The van der Waals surface area contributed by atoms with Gasteiger partial charge in [-0.2, -0.15) is 0 Å². The van der Waals surface area contributed by atoms with Crippen LogP contribution in [0, 0.1) is 5.41 Å². The highest BCUT2D eigenvalue weighted by atomic mass is 16.2. The van der Waals surface area contributed by atoms with Crippen molar-refractivity contribution in [3.05, 3.63) is 0 Å². The fourth-order valence-electron chi connectivity index (χ4n) is 1.55. The van der Waals surface area contributed by atoms with Crippen molar-refractivity contribution in [1.82, 2.24) is 26.2 Å². The maximum absolute atomic E-state index is 11.4. The topological polar surface area (TPSA) is 109 Å². The molecule has 0 aliphatic carbocycles. The summed E-state index contributed by atoms with van der Waals surface area (Å²) in [6.45, 7) is 4.71. The first-order valence-corrected chi connectivity index (χ1v) is 6.70. The second-order valence-corrected chi connectivity index (χ2v) is 4.55. The number of carbonyl (C=O) groups is 2. The van der Waals surface area contributed by atoms with Crippen molar-refractivity contribution in [2.45, 2.75) is 19.8 Å². The Balaban J connectivity index is 3.56. The minimum atomic E-state index is -0.485. The van der Waals surface area contributed by atoms with Gasteiger partial charge in [-0.25, -0.2) is 4.79 Å². The molecule has 0 aromatic carbocycles. The molecule has 0 aliphatic rings. The molecule has 0 aromatic heterocycles. The first kappa shape index (κ1) is 18.3. The molecule has 0 saturated heterocycles. The molecule has 20 heavy (non-hydrogen) atoms. The van der Waals surface area contributed by atoms with Crippen LogP contribution in [0.1, 0.15) is 19.8 Å². The highest BCUT2D eigenvalue weighted by Gasteiger charge is 2.04. The van der Waals surface area contributed by atoms with E-state index in [0.29, 0.717) is 6.54 Å². The monoisotopic (exact) mass is 286 g/mol. The quantitative estimate of drug-likeness (QED) is 0.231. The molecular formula is C12H26N6O2. The normalized spacial score (nSPS) is 10.2. The molecule has 8 heteroatoms. The van der Waals surface area contributed by atoms with Crippen LogP contribution in [0.5, 0.6) is 0 Å². The van der Waals surface area contributed by atoms with E-state index in [2.05, 4.69) is 26.2 Å². The smallest absolute Gasteiger partial charge is 0.321 e. The summed E-state index contributed by atoms with van der Waals surface area (Å²) >= 11 is 0. The Bertz CT molecular complexity index is 321. The summed E-state index contributed by atoms with van der Waals surface area (Å²) in [7, 11) is 3.98. The zero-order chi connectivity index (χ0) is 15.4. The fourth-order valence-corrected chi connectivity index (χ4v) is 1.55. The molecule has 0 unspecified atom stereocenters. The van der Waals surface area contributed by atoms with Crippen LogP contribution in [-0.2, 0) is 4.79 Å². The van der Waals surface area contributed by atoms with Crippen molar-refractivity contribution in [2.24, 2.45) is 0 Å². The third-order valence-corrected chi connectivity index (χ3v) is 2.51. The Morgan fingerprint density at radius 1 is 1.10 bits per heavy atom. The zero-order valence-electron chi connectivity index (χ0n) is 12.5. The van der Waals surface area contributed by atoms with Crippen LogP contribution in [0.2, 0.25) is 0 Å². The van der Waals surface area contributed by atoms with E-state index in [1.807, 2.05) is 14.1 Å². The Labute approximate surface area is 120 Å². The van der Waals surface area contributed by atoms with Crippen molar-refractivity contribution >= 4 is 17.9 Å². The lowest BCUT2D eigenvalue weighted by molar-refractivity contribution is -0.117. The first-order valence-electron chi connectivity index (χ1n) is 6.70. The SMILES string of the molecule is CNCCCN(C)CCCNC(=O)NC(=N)NC(C)=O. The van der Waals surface area contributed by atoms with Crippen LogP contribution < -0.4 is 21.3 Å². The highest BCUT2D eigenvalue weighted by Crippen LogP contribution is 1.89. The van der Waals surface area contributed by atoms with Gasteiger partial charge in [0.2, 0.25) is 11.9 Å². The highest BCUT2D eigenvalue weighted by molar-refractivity contribution is 6.02. The van der Waals surface area contributed by atoms with Crippen molar-refractivity contribution in [3.8, 4) is 0 Å². The molecule has 0 atom stereocenters. The van der Waals surface area contributed by atoms with E-state index in [9.17, 15) is 9.59 Å². The van der Waals surface area contributed by atoms with E-state index in [4.69, 9.17) is 5.41 Å². The van der Waals surface area contributed by atoms with Crippen molar-refractivity contribution in [3.63, 3.8) is 0 Å². The number of amides is 3. The molecule has 8 nitrogen and oxygen atoms in total. The average Bonchev–Trinajstić information content (AvgIpc) is 2.33. The zero-order valence-corrected chi connectivity index (χ0v) is 12.5. The molecule has 0 heterocycles. The Morgan fingerprint density at radius 3 is 2.25 bits per heavy atom. The minimum Gasteiger partial charge on any atom is -0.338 e. The lowest BCUT2D eigenvalue weighted by Crippen LogP contribution is -2.47. The number of urea groups is 1. The number of hydrogen-bond donors (Lipinski definition) is 5. The Kier molecular flexibility index (Phi) is 10.2. The lowest BCUT2D eigenvalue weighted by atomic mass is 10.3. The summed E-state index contributed by atoms with van der Waals surface area (Å²) in [6.07, 6.45) is 1.92. The fraction of sp³-hybridized carbons (Fsp3) is 0.750. The summed E-state index contributed by atoms with van der Waals surface area (Å²) in [5.74, 6) is -0.710. The van der Waals surface area contributed by atoms with Gasteiger partial charge in [-0.15, -0.1) is 0 Å². The molecule has 0 aromatic rings. The summed E-state index contributed by atoms with van der Waals surface area (Å²) < 4.78 is 0. The van der Waals surface area contributed by atoms with E-state index in [0.717, 1.165) is 32.5 Å². The Hall–Kier alpha value is -1.67. The molecule has 5 N–H and O–H groups in total. The van der Waals surface area contributed by atoms with Gasteiger partial charge in [0.1, 0.15) is 0 Å². The number of guanidine groups is 1. The number of nitrogens with zero attached hydrogens (tertiary/aromatic N) is 1. The minimum absolute atomic E-state index is 0.320. The molecular weight excluding hydrogens is 260 g/mol. The maximum Gasteiger partial charge on any atom is 0.321 e. The van der Waals surface area contributed by atoms with E-state index in [1.54, 1.807) is 0 Å². The van der Waals surface area contributed by atoms with Gasteiger partial charge >= 0.3 is 6.03 Å². The van der Waals surface area contributed by atoms with Crippen molar-refractivity contribution in [1.29, 1.82) is 5.41 Å². The predicted molar refractivity (Wildman–Crippen MR) is 78.7 cm³/mol. The molecule has 0 radical (unpaired) electrons. The molecule has 0 bridgehead atoms. The lowest BCUT2D eigenvalue weighted by Gasteiger charge is -2.16. The van der Waals surface area contributed by atoms with Gasteiger partial charge in [0, 0.05) is 13.5 Å². The summed E-state index contributed by atoms with van der Waals surface area (Å²) in [6, 6.07) is -0.485. The van der Waals surface area contributed by atoms with Crippen LogP contribution in [0.25, 0.3) is 0 Å². The maximum atomic E-state index is 11.4. The molecule has 0 aliphatic heterocycles. The van der Waals surface area contributed by atoms with Crippen LogP contribution in [0.15, 0.2) is 0 Å². The molecule has 0 saturated carbocycles. The van der Waals surface area contributed by atoms with Gasteiger partial charge < -0.3 is 15.5 Å². The van der Waals surface area contributed by atoms with E-state index in [-0.39, 0.29) is 5.96 Å². The van der Waals surface area contributed by atoms with Crippen LogP contribution in [0.3, 0.4) is 0 Å². The predicted octanol–water partition coefficient (Wildman–Crippen LogP) is -0.712. The van der Waals surface area contributed by atoms with Gasteiger partial charge in [-0.1, -0.05) is 0 Å². The van der Waals surface area contributed by atoms with Crippen LogP contribution >= 0.6 is 0 Å². The van der Waals surface area contributed by atoms with Gasteiger partial charge in [0.05, 0.1) is 0 Å². The number of rotatable bonds is 8. The van der Waals surface area contributed by atoms with E-state index in [1.165, 1.54) is 6.92 Å². The van der Waals surface area contributed by atoms with E-state index < -0.39 is 11.9 Å². The van der Waals surface area contributed by atoms with E-state index >= 15 is 0 Å². The molecule has 0 fully saturated rings. The average molecular weight is 286 g/mol.